The van der Waals surface area contributed by atoms with Gasteiger partial charge in [-0.2, -0.15) is 11.8 Å². The SMILES string of the molecule is CSCc1cc(Nc2ccc(C)cc2Cl)co1. The number of thioether (sulfide) groups is 1. The van der Waals surface area contributed by atoms with Crippen molar-refractivity contribution in [2.24, 2.45) is 0 Å². The lowest BCUT2D eigenvalue weighted by Crippen LogP contribution is -1.89. The third kappa shape index (κ3) is 3.20. The Bertz CT molecular complexity index is 510. The highest BCUT2D eigenvalue weighted by Crippen LogP contribution is 2.27. The van der Waals surface area contributed by atoms with E-state index in [0.29, 0.717) is 0 Å². The molecule has 2 nitrogen and oxygen atoms in total. The molecule has 0 spiro atoms. The summed E-state index contributed by atoms with van der Waals surface area (Å²) in [6.07, 6.45) is 3.76. The van der Waals surface area contributed by atoms with Crippen LogP contribution in [-0.2, 0) is 5.75 Å². The molecule has 0 atom stereocenters. The molecule has 0 saturated carbocycles. The standard InChI is InChI=1S/C13H14ClNOS/c1-9-3-4-13(12(14)5-9)15-10-6-11(8-17-2)16-7-10/h3-7,15H,8H2,1-2H3. The van der Waals surface area contributed by atoms with E-state index in [1.54, 1.807) is 18.0 Å². The number of halogens is 1. The Morgan fingerprint density at radius 1 is 1.35 bits per heavy atom. The molecule has 1 aromatic heterocycles. The second-order valence-electron chi connectivity index (χ2n) is 3.84. The highest BCUT2D eigenvalue weighted by Gasteiger charge is 2.04. The molecule has 1 heterocycles. The van der Waals surface area contributed by atoms with Gasteiger partial charge in [0.05, 0.1) is 22.2 Å². The summed E-state index contributed by atoms with van der Waals surface area (Å²) in [6, 6.07) is 7.93. The molecule has 0 aliphatic carbocycles. The van der Waals surface area contributed by atoms with Gasteiger partial charge in [-0.3, -0.25) is 0 Å². The van der Waals surface area contributed by atoms with E-state index in [0.717, 1.165) is 33.5 Å². The predicted octanol–water partition coefficient (Wildman–Crippen LogP) is 4.85. The summed E-state index contributed by atoms with van der Waals surface area (Å²) in [4.78, 5) is 0. The van der Waals surface area contributed by atoms with Crippen LogP contribution in [0, 0.1) is 6.92 Å². The lowest BCUT2D eigenvalue weighted by Gasteiger charge is -2.06. The molecular formula is C13H14ClNOS. The molecule has 0 saturated heterocycles. The zero-order chi connectivity index (χ0) is 12.3. The van der Waals surface area contributed by atoms with Crippen LogP contribution >= 0.6 is 23.4 Å². The normalized spacial score (nSPS) is 10.5. The summed E-state index contributed by atoms with van der Waals surface area (Å²) < 4.78 is 5.41. The molecule has 17 heavy (non-hydrogen) atoms. The van der Waals surface area contributed by atoms with Crippen molar-refractivity contribution in [3.63, 3.8) is 0 Å². The fourth-order valence-electron chi connectivity index (χ4n) is 1.54. The van der Waals surface area contributed by atoms with Crippen molar-refractivity contribution >= 4 is 34.7 Å². The molecular weight excluding hydrogens is 254 g/mol. The molecule has 2 aromatic rings. The molecule has 4 heteroatoms. The van der Waals surface area contributed by atoms with Gasteiger partial charge in [-0.05, 0) is 30.9 Å². The van der Waals surface area contributed by atoms with Gasteiger partial charge < -0.3 is 9.73 Å². The smallest absolute Gasteiger partial charge is 0.115 e. The van der Waals surface area contributed by atoms with E-state index in [9.17, 15) is 0 Å². The fourth-order valence-corrected chi connectivity index (χ4v) is 2.26. The lowest BCUT2D eigenvalue weighted by atomic mass is 10.2. The van der Waals surface area contributed by atoms with Crippen LogP contribution in [0.4, 0.5) is 11.4 Å². The topological polar surface area (TPSA) is 25.2 Å². The molecule has 0 amide bonds. The minimum absolute atomic E-state index is 0.720. The van der Waals surface area contributed by atoms with E-state index in [2.05, 4.69) is 5.32 Å². The van der Waals surface area contributed by atoms with Gasteiger partial charge in [0.15, 0.2) is 0 Å². The summed E-state index contributed by atoms with van der Waals surface area (Å²) in [5, 5.41) is 3.96. The molecule has 0 fully saturated rings. The minimum Gasteiger partial charge on any atom is -0.466 e. The summed E-state index contributed by atoms with van der Waals surface area (Å²) in [5.41, 5.74) is 2.98. The van der Waals surface area contributed by atoms with Crippen molar-refractivity contribution in [3.8, 4) is 0 Å². The predicted molar refractivity (Wildman–Crippen MR) is 75.4 cm³/mol. The number of nitrogens with one attached hydrogen (secondary N) is 1. The number of anilines is 2. The summed E-state index contributed by atoms with van der Waals surface area (Å²) in [7, 11) is 0. The zero-order valence-corrected chi connectivity index (χ0v) is 11.4. The first-order chi connectivity index (χ1) is 8.19. The van der Waals surface area contributed by atoms with E-state index in [-0.39, 0.29) is 0 Å². The highest BCUT2D eigenvalue weighted by atomic mass is 35.5. The van der Waals surface area contributed by atoms with Crippen molar-refractivity contribution in [3.05, 3.63) is 46.9 Å². The molecule has 0 radical (unpaired) electrons. The third-order valence-electron chi connectivity index (χ3n) is 2.34. The first kappa shape index (κ1) is 12.4. The van der Waals surface area contributed by atoms with Crippen LogP contribution < -0.4 is 5.32 Å². The highest BCUT2D eigenvalue weighted by molar-refractivity contribution is 7.97. The first-order valence-electron chi connectivity index (χ1n) is 5.28. The average molecular weight is 268 g/mol. The monoisotopic (exact) mass is 267 g/mol. The second kappa shape index (κ2) is 5.52. The van der Waals surface area contributed by atoms with Gasteiger partial charge in [0.1, 0.15) is 12.0 Å². The van der Waals surface area contributed by atoms with Gasteiger partial charge >= 0.3 is 0 Å². The molecule has 90 valence electrons. The van der Waals surface area contributed by atoms with Crippen LogP contribution in [-0.4, -0.2) is 6.26 Å². The Morgan fingerprint density at radius 2 is 2.18 bits per heavy atom. The van der Waals surface area contributed by atoms with Crippen LogP contribution in [0.2, 0.25) is 5.02 Å². The summed E-state index contributed by atoms with van der Waals surface area (Å²) in [5.74, 6) is 1.84. The molecule has 2 rings (SSSR count). The Kier molecular flexibility index (Phi) is 4.02. The molecule has 0 bridgehead atoms. The van der Waals surface area contributed by atoms with E-state index >= 15 is 0 Å². The van der Waals surface area contributed by atoms with Gasteiger partial charge in [0.25, 0.3) is 0 Å². The number of furan rings is 1. The van der Waals surface area contributed by atoms with Gasteiger partial charge in [0.2, 0.25) is 0 Å². The lowest BCUT2D eigenvalue weighted by molar-refractivity contribution is 0.531. The van der Waals surface area contributed by atoms with E-state index in [1.165, 1.54) is 0 Å². The minimum atomic E-state index is 0.720. The van der Waals surface area contributed by atoms with E-state index in [1.807, 2.05) is 37.4 Å². The van der Waals surface area contributed by atoms with Crippen LogP contribution in [0.25, 0.3) is 0 Å². The second-order valence-corrected chi connectivity index (χ2v) is 5.12. The summed E-state index contributed by atoms with van der Waals surface area (Å²) >= 11 is 7.88. The zero-order valence-electron chi connectivity index (χ0n) is 9.79. The quantitative estimate of drug-likeness (QED) is 0.857. The number of benzene rings is 1. The van der Waals surface area contributed by atoms with Crippen LogP contribution in [0.15, 0.2) is 34.9 Å². The largest absolute Gasteiger partial charge is 0.466 e. The van der Waals surface area contributed by atoms with E-state index < -0.39 is 0 Å². The van der Waals surface area contributed by atoms with Gasteiger partial charge in [-0.15, -0.1) is 0 Å². The van der Waals surface area contributed by atoms with Gasteiger partial charge in [-0.25, -0.2) is 0 Å². The van der Waals surface area contributed by atoms with Crippen molar-refractivity contribution in [2.75, 3.05) is 11.6 Å². The number of hydrogen-bond donors (Lipinski definition) is 1. The van der Waals surface area contributed by atoms with Crippen LogP contribution in [0.3, 0.4) is 0 Å². The molecule has 0 unspecified atom stereocenters. The Balaban J connectivity index is 2.13. The Hall–Kier alpha value is -1.06. The van der Waals surface area contributed by atoms with Crippen molar-refractivity contribution < 1.29 is 4.42 Å². The maximum absolute atomic E-state index is 6.15. The maximum Gasteiger partial charge on any atom is 0.115 e. The Labute approximate surface area is 110 Å². The summed E-state index contributed by atoms with van der Waals surface area (Å²) in [6.45, 7) is 2.02. The first-order valence-corrected chi connectivity index (χ1v) is 7.06. The Morgan fingerprint density at radius 3 is 2.88 bits per heavy atom. The third-order valence-corrected chi connectivity index (χ3v) is 3.23. The fraction of sp³-hybridized carbons (Fsp3) is 0.231. The van der Waals surface area contributed by atoms with E-state index in [4.69, 9.17) is 16.0 Å². The maximum atomic E-state index is 6.15. The number of hydrogen-bond acceptors (Lipinski definition) is 3. The molecule has 1 aromatic carbocycles. The van der Waals surface area contributed by atoms with Gasteiger partial charge in [0, 0.05) is 6.07 Å². The average Bonchev–Trinajstić information content (AvgIpc) is 2.71. The number of rotatable bonds is 4. The van der Waals surface area contributed by atoms with Crippen LogP contribution in [0.5, 0.6) is 0 Å². The van der Waals surface area contributed by atoms with Crippen molar-refractivity contribution in [1.29, 1.82) is 0 Å². The van der Waals surface area contributed by atoms with Crippen molar-refractivity contribution in [2.45, 2.75) is 12.7 Å². The van der Waals surface area contributed by atoms with Crippen LogP contribution in [0.1, 0.15) is 11.3 Å². The van der Waals surface area contributed by atoms with Crippen molar-refractivity contribution in [1.82, 2.24) is 0 Å². The molecule has 1 N–H and O–H groups in total. The van der Waals surface area contributed by atoms with Gasteiger partial charge in [-0.1, -0.05) is 17.7 Å². The molecule has 0 aliphatic heterocycles. The number of aryl methyl sites for hydroxylation is 1. The molecule has 0 aliphatic rings.